The fourth-order valence-corrected chi connectivity index (χ4v) is 3.63. The van der Waals surface area contributed by atoms with E-state index >= 15 is 0 Å². The molecule has 0 amide bonds. The highest BCUT2D eigenvalue weighted by molar-refractivity contribution is 5.44. The smallest absolute Gasteiger partial charge is 0.0991 e. The maximum atomic E-state index is 9.00. The van der Waals surface area contributed by atoms with Gasteiger partial charge in [0, 0.05) is 0 Å². The Morgan fingerprint density at radius 2 is 1.95 bits per heavy atom. The predicted octanol–water partition coefficient (Wildman–Crippen LogP) is 3.61. The van der Waals surface area contributed by atoms with Crippen molar-refractivity contribution in [3.8, 4) is 6.07 Å². The van der Waals surface area contributed by atoms with E-state index in [2.05, 4.69) is 30.4 Å². The first-order valence-corrected chi connectivity index (χ1v) is 7.49. The summed E-state index contributed by atoms with van der Waals surface area (Å²) in [6.45, 7) is 8.63. The summed E-state index contributed by atoms with van der Waals surface area (Å²) in [4.78, 5) is 0. The monoisotopic (exact) mass is 256 g/mol. The molecule has 1 spiro atoms. The molecule has 1 aromatic carbocycles. The number of benzene rings is 1. The molecule has 1 aliphatic heterocycles. The third kappa shape index (κ3) is 2.40. The summed E-state index contributed by atoms with van der Waals surface area (Å²) < 4.78 is 0. The fourth-order valence-electron chi connectivity index (χ4n) is 3.63. The molecule has 1 N–H and O–H groups in total. The Morgan fingerprint density at radius 3 is 2.58 bits per heavy atom. The van der Waals surface area contributed by atoms with Gasteiger partial charge in [-0.15, -0.1) is 0 Å². The van der Waals surface area contributed by atoms with E-state index in [0.29, 0.717) is 11.3 Å². The van der Waals surface area contributed by atoms with Crippen LogP contribution in [-0.2, 0) is 6.42 Å². The normalized spacial score (nSPS) is 23.2. The maximum absolute atomic E-state index is 9.00. The van der Waals surface area contributed by atoms with Crippen LogP contribution in [0.2, 0.25) is 0 Å². The number of hydrogen-bond acceptors (Lipinski definition) is 2. The van der Waals surface area contributed by atoms with Crippen molar-refractivity contribution in [1.82, 2.24) is 5.32 Å². The van der Waals surface area contributed by atoms with Gasteiger partial charge >= 0.3 is 0 Å². The van der Waals surface area contributed by atoms with Gasteiger partial charge in [-0.25, -0.2) is 0 Å². The topological polar surface area (TPSA) is 35.8 Å². The maximum Gasteiger partial charge on any atom is 0.0991 e. The zero-order valence-corrected chi connectivity index (χ0v) is 12.3. The van der Waals surface area contributed by atoms with Crippen LogP contribution in [0.25, 0.3) is 0 Å². The van der Waals surface area contributed by atoms with Gasteiger partial charge < -0.3 is 5.32 Å². The molecule has 0 saturated carbocycles. The number of nitrogens with one attached hydrogen (secondary N) is 1. The number of fused-ring (bicyclic) bond motifs is 1. The van der Waals surface area contributed by atoms with Gasteiger partial charge in [0.2, 0.25) is 0 Å². The van der Waals surface area contributed by atoms with Gasteiger partial charge in [-0.1, -0.05) is 26.8 Å². The van der Waals surface area contributed by atoms with Gasteiger partial charge in [0.25, 0.3) is 0 Å². The van der Waals surface area contributed by atoms with Crippen molar-refractivity contribution in [2.45, 2.75) is 46.0 Å². The van der Waals surface area contributed by atoms with Crippen LogP contribution in [0.15, 0.2) is 18.2 Å². The van der Waals surface area contributed by atoms with E-state index in [-0.39, 0.29) is 0 Å². The van der Waals surface area contributed by atoms with E-state index < -0.39 is 0 Å². The van der Waals surface area contributed by atoms with Gasteiger partial charge in [-0.05, 0) is 66.9 Å². The second-order valence-corrected chi connectivity index (χ2v) is 5.54. The molecule has 1 saturated heterocycles. The Morgan fingerprint density at radius 1 is 1.26 bits per heavy atom. The Hall–Kier alpha value is -1.33. The van der Waals surface area contributed by atoms with E-state index in [0.717, 1.165) is 18.7 Å². The van der Waals surface area contributed by atoms with Crippen LogP contribution in [0, 0.1) is 16.7 Å². The van der Waals surface area contributed by atoms with E-state index in [1.54, 1.807) is 0 Å². The van der Waals surface area contributed by atoms with Gasteiger partial charge in [0.1, 0.15) is 0 Å². The lowest BCUT2D eigenvalue weighted by atomic mass is 9.70. The van der Waals surface area contributed by atoms with Crippen LogP contribution < -0.4 is 5.32 Å². The van der Waals surface area contributed by atoms with Crippen LogP contribution in [0.1, 0.15) is 56.2 Å². The lowest BCUT2D eigenvalue weighted by molar-refractivity contribution is 0.180. The van der Waals surface area contributed by atoms with Crippen molar-refractivity contribution in [1.29, 1.82) is 5.26 Å². The Labute approximate surface area is 116 Å². The molecule has 102 valence electrons. The Bertz CT molecular complexity index is 479. The van der Waals surface area contributed by atoms with E-state index in [9.17, 15) is 0 Å². The molecule has 1 heterocycles. The van der Waals surface area contributed by atoms with Crippen molar-refractivity contribution >= 4 is 0 Å². The van der Waals surface area contributed by atoms with Crippen molar-refractivity contribution < 1.29 is 0 Å². The van der Waals surface area contributed by atoms with Crippen LogP contribution in [0.5, 0.6) is 0 Å². The second kappa shape index (κ2) is 5.75. The molecular weight excluding hydrogens is 232 g/mol. The molecule has 1 atom stereocenters. The third-order valence-corrected chi connectivity index (χ3v) is 4.80. The first-order chi connectivity index (χ1) is 9.25. The molecular formula is C17H24N2. The first-order valence-electron chi connectivity index (χ1n) is 7.49. The molecule has 1 fully saturated rings. The largest absolute Gasteiger partial charge is 0.317 e. The highest BCUT2D eigenvalue weighted by Crippen LogP contribution is 2.52. The van der Waals surface area contributed by atoms with Gasteiger partial charge in [-0.2, -0.15) is 5.26 Å². The molecule has 19 heavy (non-hydrogen) atoms. The molecule has 1 unspecified atom stereocenters. The van der Waals surface area contributed by atoms with Crippen LogP contribution in [0.3, 0.4) is 0 Å². The van der Waals surface area contributed by atoms with Gasteiger partial charge in [-0.3, -0.25) is 0 Å². The summed E-state index contributed by atoms with van der Waals surface area (Å²) in [5.74, 6) is 0.605. The molecule has 2 aliphatic rings. The average Bonchev–Trinajstić information content (AvgIpc) is 2.74. The van der Waals surface area contributed by atoms with E-state index in [1.165, 1.54) is 30.4 Å². The highest BCUT2D eigenvalue weighted by atomic mass is 14.9. The quantitative estimate of drug-likeness (QED) is 0.769. The Kier molecular flexibility index (Phi) is 4.27. The first kappa shape index (κ1) is 14.1. The summed E-state index contributed by atoms with van der Waals surface area (Å²) >= 11 is 0. The van der Waals surface area contributed by atoms with Crippen molar-refractivity contribution in [3.05, 3.63) is 34.9 Å². The number of nitriles is 1. The second-order valence-electron chi connectivity index (χ2n) is 5.54. The molecule has 2 heteroatoms. The number of piperidine rings is 1. The van der Waals surface area contributed by atoms with Gasteiger partial charge in [0.15, 0.2) is 0 Å². The SMILES string of the molecule is CC.CC1c2cc(C#N)ccc2CC12CCNCC2. The molecule has 3 rings (SSSR count). The summed E-state index contributed by atoms with van der Waals surface area (Å²) in [6, 6.07) is 8.50. The summed E-state index contributed by atoms with van der Waals surface area (Å²) in [6.07, 6.45) is 3.74. The number of nitrogens with zero attached hydrogens (tertiary/aromatic N) is 1. The molecule has 0 aromatic heterocycles. The lowest BCUT2D eigenvalue weighted by Crippen LogP contribution is -2.38. The van der Waals surface area contributed by atoms with Crippen LogP contribution in [-0.4, -0.2) is 13.1 Å². The summed E-state index contributed by atoms with van der Waals surface area (Å²) in [5, 5.41) is 12.5. The molecule has 1 aliphatic carbocycles. The minimum absolute atomic E-state index is 0.460. The lowest BCUT2D eigenvalue weighted by Gasteiger charge is -2.38. The van der Waals surface area contributed by atoms with Crippen LogP contribution >= 0.6 is 0 Å². The number of rotatable bonds is 0. The minimum Gasteiger partial charge on any atom is -0.317 e. The Balaban J connectivity index is 0.000000637. The highest BCUT2D eigenvalue weighted by Gasteiger charge is 2.43. The number of hydrogen-bond donors (Lipinski definition) is 1. The molecule has 2 nitrogen and oxygen atoms in total. The predicted molar refractivity (Wildman–Crippen MR) is 79.2 cm³/mol. The zero-order chi connectivity index (χ0) is 13.9. The molecule has 0 radical (unpaired) electrons. The standard InChI is InChI=1S/C15H18N2.C2H6/c1-11-14-8-12(10-16)2-3-13(14)9-15(11)4-6-17-7-5-15;1-2/h2-3,8,11,17H,4-7,9H2,1H3;1-2H3. The average molecular weight is 256 g/mol. The van der Waals surface area contributed by atoms with Crippen molar-refractivity contribution in [2.75, 3.05) is 13.1 Å². The minimum atomic E-state index is 0.460. The van der Waals surface area contributed by atoms with E-state index in [4.69, 9.17) is 5.26 Å². The third-order valence-electron chi connectivity index (χ3n) is 4.80. The summed E-state index contributed by atoms with van der Waals surface area (Å²) in [5.41, 5.74) is 4.16. The molecule has 1 aromatic rings. The zero-order valence-electron chi connectivity index (χ0n) is 12.3. The molecule has 0 bridgehead atoms. The van der Waals surface area contributed by atoms with E-state index in [1.807, 2.05) is 19.9 Å². The van der Waals surface area contributed by atoms with Crippen molar-refractivity contribution in [3.63, 3.8) is 0 Å². The van der Waals surface area contributed by atoms with Crippen LogP contribution in [0.4, 0.5) is 0 Å². The van der Waals surface area contributed by atoms with Gasteiger partial charge in [0.05, 0.1) is 11.6 Å². The van der Waals surface area contributed by atoms with Crippen molar-refractivity contribution in [2.24, 2.45) is 5.41 Å². The fraction of sp³-hybridized carbons (Fsp3) is 0.588. The summed E-state index contributed by atoms with van der Waals surface area (Å²) in [7, 11) is 0.